The molecule has 0 saturated carbocycles. The van der Waals surface area contributed by atoms with E-state index >= 15 is 0 Å². The van der Waals surface area contributed by atoms with E-state index in [0.29, 0.717) is 17.8 Å². The summed E-state index contributed by atoms with van der Waals surface area (Å²) < 4.78 is 24.6. The van der Waals surface area contributed by atoms with Crippen molar-refractivity contribution in [3.05, 3.63) is 0 Å². The Labute approximate surface area is 195 Å². The third-order valence-electron chi connectivity index (χ3n) is 3.52. The number of carbonyl (C=O) groups is 1. The number of hydrogen-bond donors (Lipinski definition) is 2. The molecular formula is C20H44B3N2O3S2. The van der Waals surface area contributed by atoms with Crippen LogP contribution < -0.4 is 10.0 Å². The molecule has 0 saturated heterocycles. The van der Waals surface area contributed by atoms with E-state index in [2.05, 4.69) is 37.7 Å². The second-order valence-electron chi connectivity index (χ2n) is 9.27. The lowest BCUT2D eigenvalue weighted by Crippen LogP contribution is -2.35. The van der Waals surface area contributed by atoms with E-state index < -0.39 is 10.0 Å². The first-order valence-corrected chi connectivity index (χ1v) is 12.8. The third kappa shape index (κ3) is 20.9. The Morgan fingerprint density at radius 2 is 1.33 bits per heavy atom. The summed E-state index contributed by atoms with van der Waals surface area (Å²) in [6.07, 6.45) is 0. The van der Waals surface area contributed by atoms with E-state index in [1.807, 2.05) is 27.7 Å². The topological polar surface area (TPSA) is 75.3 Å². The average Bonchev–Trinajstić information content (AvgIpc) is 2.52. The molecule has 0 fully saturated rings. The molecule has 0 amide bonds. The van der Waals surface area contributed by atoms with Crippen molar-refractivity contribution in [1.82, 2.24) is 10.0 Å². The Bertz CT molecular complexity index is 580. The quantitative estimate of drug-likeness (QED) is 0.395. The van der Waals surface area contributed by atoms with Crippen molar-refractivity contribution >= 4 is 54.4 Å². The minimum Gasteiger partial charge on any atom is -0.377 e. The predicted octanol–water partition coefficient (Wildman–Crippen LogP) is 4.48. The van der Waals surface area contributed by atoms with E-state index in [-0.39, 0.29) is 29.3 Å². The number of rotatable bonds is 9. The van der Waals surface area contributed by atoms with Crippen LogP contribution in [0, 0.1) is 5.92 Å². The van der Waals surface area contributed by atoms with Gasteiger partial charge < -0.3 is 10.1 Å². The van der Waals surface area contributed by atoms with Crippen LogP contribution >= 0.6 is 12.2 Å². The molecule has 5 nitrogen and oxygen atoms in total. The maximum absolute atomic E-state index is 11.2. The molecule has 30 heavy (non-hydrogen) atoms. The van der Waals surface area contributed by atoms with Crippen molar-refractivity contribution in [1.29, 1.82) is 0 Å². The zero-order valence-corrected chi connectivity index (χ0v) is 22.9. The van der Waals surface area contributed by atoms with Gasteiger partial charge in [0.25, 0.3) is 0 Å². The van der Waals surface area contributed by atoms with Gasteiger partial charge in [-0.05, 0) is 41.5 Å². The highest BCUT2D eigenvalue weighted by molar-refractivity contribution is 7.90. The fraction of sp³-hybridized carbons (Fsp3) is 0.900. The van der Waals surface area contributed by atoms with Gasteiger partial charge in [0.1, 0.15) is 0 Å². The van der Waals surface area contributed by atoms with Crippen molar-refractivity contribution < 1.29 is 13.2 Å². The van der Waals surface area contributed by atoms with Gasteiger partial charge in [0.15, 0.2) is 13.9 Å². The number of thiocarbonyl (C=S) groups is 1. The molecule has 0 rings (SSSR count). The molecule has 0 aliphatic rings. The second kappa shape index (κ2) is 17.2. The summed E-state index contributed by atoms with van der Waals surface area (Å²) in [5.41, 5.74) is 0.0648. The van der Waals surface area contributed by atoms with Crippen LogP contribution in [0.2, 0.25) is 11.6 Å². The van der Waals surface area contributed by atoms with Gasteiger partial charge >= 0.3 is 0 Å². The molecule has 2 N–H and O–H groups in total. The van der Waals surface area contributed by atoms with Crippen LogP contribution in [-0.4, -0.2) is 57.9 Å². The van der Waals surface area contributed by atoms with Crippen LogP contribution in [0.25, 0.3) is 0 Å². The lowest BCUT2D eigenvalue weighted by molar-refractivity contribution is 0.273. The summed E-state index contributed by atoms with van der Waals surface area (Å²) in [6, 6.07) is 0.465. The van der Waals surface area contributed by atoms with Crippen LogP contribution in [0.1, 0.15) is 83.1 Å². The van der Waals surface area contributed by atoms with Gasteiger partial charge in [-0.25, -0.2) is 13.1 Å². The molecule has 0 aliphatic carbocycles. The van der Waals surface area contributed by atoms with Crippen molar-refractivity contribution in [3.63, 3.8) is 0 Å². The highest BCUT2D eigenvalue weighted by Gasteiger charge is 2.20. The summed E-state index contributed by atoms with van der Waals surface area (Å²) in [7, 11) is 4.27. The zero-order chi connectivity index (χ0) is 24.8. The fourth-order valence-electron chi connectivity index (χ4n) is 1.68. The fourth-order valence-corrected chi connectivity index (χ4v) is 2.85. The van der Waals surface area contributed by atoms with Gasteiger partial charge in [0.05, 0.1) is 10.2 Å². The molecule has 0 aromatic carbocycles. The van der Waals surface area contributed by atoms with Gasteiger partial charge in [0.2, 0.25) is 10.0 Å². The first kappa shape index (κ1) is 34.3. The van der Waals surface area contributed by atoms with E-state index in [9.17, 15) is 13.2 Å². The van der Waals surface area contributed by atoms with Gasteiger partial charge in [-0.1, -0.05) is 65.4 Å². The second-order valence-corrected chi connectivity index (χ2v) is 12.0. The normalized spacial score (nSPS) is 11.3. The molecule has 0 spiro atoms. The van der Waals surface area contributed by atoms with Crippen LogP contribution in [0.15, 0.2) is 0 Å². The molecule has 3 radical (unpaired) electrons. The van der Waals surface area contributed by atoms with Gasteiger partial charge in [-0.15, -0.1) is 0 Å². The van der Waals surface area contributed by atoms with Gasteiger partial charge in [-0.2, -0.15) is 0 Å². The number of hydrogen-bond acceptors (Lipinski definition) is 4. The first-order valence-electron chi connectivity index (χ1n) is 10.8. The minimum absolute atomic E-state index is 0.00704. The largest absolute Gasteiger partial charge is 0.377 e. The van der Waals surface area contributed by atoms with Gasteiger partial charge in [-0.3, -0.25) is 0 Å². The molecule has 0 aromatic rings. The molecule has 0 heterocycles. The Morgan fingerprint density at radius 3 is 1.50 bits per heavy atom. The summed E-state index contributed by atoms with van der Waals surface area (Å²) in [4.78, 5) is 12.2. The molecule has 173 valence electrons. The van der Waals surface area contributed by atoms with E-state index in [1.165, 1.54) is 0 Å². The Balaban J connectivity index is -0.000000366. The number of sulfonamides is 1. The highest BCUT2D eigenvalue weighted by atomic mass is 32.2. The Kier molecular flexibility index (Phi) is 19.7. The maximum Gasteiger partial charge on any atom is 0.214 e. The van der Waals surface area contributed by atoms with Crippen LogP contribution in [-0.2, 0) is 10.0 Å². The van der Waals surface area contributed by atoms with Crippen molar-refractivity contribution in [2.24, 2.45) is 5.92 Å². The molecule has 0 bridgehead atoms. The van der Waals surface area contributed by atoms with Crippen LogP contribution in [0.5, 0.6) is 0 Å². The number of carbonyl (C=O) groups excluding carboxylic acids is 1. The molecule has 0 aromatic heterocycles. The van der Waals surface area contributed by atoms with Crippen molar-refractivity contribution in [3.8, 4) is 0 Å². The lowest BCUT2D eigenvalue weighted by Gasteiger charge is -2.13. The molecular weight excluding hydrogens is 413 g/mol. The Hall–Kier alpha value is -0.335. The van der Waals surface area contributed by atoms with Crippen molar-refractivity contribution in [2.75, 3.05) is 0 Å². The first-order chi connectivity index (χ1) is 13.3. The molecule has 0 unspecified atom stereocenters. The third-order valence-corrected chi connectivity index (χ3v) is 6.15. The molecule has 0 atom stereocenters. The summed E-state index contributed by atoms with van der Waals surface area (Å²) in [5.74, 6) is 1.01. The van der Waals surface area contributed by atoms with E-state index in [4.69, 9.17) is 20.0 Å². The summed E-state index contributed by atoms with van der Waals surface area (Å²) in [5, 5.41) is 2.84. The summed E-state index contributed by atoms with van der Waals surface area (Å²) in [6.45, 7) is 22.8. The predicted molar refractivity (Wildman–Crippen MR) is 141 cm³/mol. The maximum atomic E-state index is 11.2. The van der Waals surface area contributed by atoms with Crippen LogP contribution in [0.3, 0.4) is 0 Å². The zero-order valence-electron chi connectivity index (χ0n) is 21.2. The van der Waals surface area contributed by atoms with Crippen LogP contribution in [0.4, 0.5) is 4.79 Å². The molecule has 0 aliphatic heterocycles. The smallest absolute Gasteiger partial charge is 0.214 e. The van der Waals surface area contributed by atoms with E-state index in [0.717, 1.165) is 4.99 Å². The lowest BCUT2D eigenvalue weighted by atomic mass is 9.19. The minimum atomic E-state index is -3.05. The van der Waals surface area contributed by atoms with Crippen molar-refractivity contribution in [2.45, 2.75) is 112 Å². The molecule has 10 heteroatoms. The summed E-state index contributed by atoms with van der Waals surface area (Å²) >= 11 is 5.04. The SMILES string of the molecule is CC(C)NC(=S)C(C)C.CC(C)NS(=O)(=O)C(C)C.[B]B(C(=O)[B]C(C)C)C(C)C. The highest BCUT2D eigenvalue weighted by Crippen LogP contribution is 2.08. The van der Waals surface area contributed by atoms with Gasteiger partial charge in [0, 0.05) is 31.3 Å². The average molecular weight is 457 g/mol. The number of nitrogens with one attached hydrogen (secondary N) is 2. The standard InChI is InChI=1S/C7H14B3O.C7H15NS.C6H15NO2S/c1-5(2)9-7(11)10(8)6(3)4;1-5(2)7(9)8-6(3)4;1-5(2)7-10(8,9)6(3)4/h5-6H,1-4H3;5-6H,1-4H3,(H,8,9);5-7H,1-4H3. The Morgan fingerprint density at radius 1 is 0.900 bits per heavy atom. The van der Waals surface area contributed by atoms with E-state index in [1.54, 1.807) is 35.0 Å². The monoisotopic (exact) mass is 457 g/mol.